The van der Waals surface area contributed by atoms with E-state index in [1.807, 2.05) is 20.8 Å². The van der Waals surface area contributed by atoms with E-state index in [2.05, 4.69) is 4.98 Å². The summed E-state index contributed by atoms with van der Waals surface area (Å²) < 4.78 is 24.4. The van der Waals surface area contributed by atoms with Gasteiger partial charge >= 0.3 is 6.09 Å². The molecular weight excluding hydrogens is 525 g/mol. The fourth-order valence-electron chi connectivity index (χ4n) is 5.12. The number of hydrogen-bond donors (Lipinski definition) is 0. The van der Waals surface area contributed by atoms with Crippen molar-refractivity contribution in [2.24, 2.45) is 0 Å². The lowest BCUT2D eigenvalue weighted by molar-refractivity contribution is 0.0511. The first-order chi connectivity index (χ1) is 18.3. The fraction of sp³-hybridized carbons (Fsp3) is 0.357. The molecule has 1 aliphatic heterocycles. The number of benzene rings is 1. The number of pyridine rings is 1. The van der Waals surface area contributed by atoms with Gasteiger partial charge in [0.25, 0.3) is 11.5 Å². The van der Waals surface area contributed by atoms with Crippen LogP contribution in [0.5, 0.6) is 0 Å². The van der Waals surface area contributed by atoms with Crippen molar-refractivity contribution in [3.8, 4) is 5.69 Å². The summed E-state index contributed by atoms with van der Waals surface area (Å²) >= 11 is 6.13. The van der Waals surface area contributed by atoms with Crippen LogP contribution in [0.25, 0.3) is 16.6 Å². The molecule has 4 heterocycles. The van der Waals surface area contributed by atoms with Crippen LogP contribution in [0.3, 0.4) is 0 Å². The molecule has 0 spiro atoms. The molecule has 1 aromatic carbocycles. The van der Waals surface area contributed by atoms with Crippen molar-refractivity contribution >= 4 is 34.5 Å². The van der Waals surface area contributed by atoms with E-state index in [4.69, 9.17) is 16.3 Å². The largest absolute Gasteiger partial charge is 0.443 e. The Morgan fingerprint density at radius 1 is 1.21 bits per heavy atom. The number of nitrogens with zero attached hydrogens (tertiary/aromatic N) is 5. The van der Waals surface area contributed by atoms with Gasteiger partial charge < -0.3 is 18.8 Å². The Labute approximate surface area is 229 Å². The Morgan fingerprint density at radius 3 is 2.56 bits per heavy atom. The van der Waals surface area contributed by atoms with Crippen molar-refractivity contribution in [3.05, 3.63) is 81.1 Å². The number of fused-ring (bicyclic) bond motifs is 2. The number of carbonyl (C=O) groups is 2. The van der Waals surface area contributed by atoms with E-state index in [1.54, 1.807) is 61.1 Å². The Balaban J connectivity index is 1.57. The molecular formula is C28H29ClFN5O4. The summed E-state index contributed by atoms with van der Waals surface area (Å²) in [7, 11) is 0. The monoisotopic (exact) mass is 553 g/mol. The van der Waals surface area contributed by atoms with Crippen LogP contribution in [-0.2, 0) is 11.3 Å². The minimum Gasteiger partial charge on any atom is -0.443 e. The minimum absolute atomic E-state index is 0.102. The van der Waals surface area contributed by atoms with Gasteiger partial charge in [0.05, 0.1) is 28.6 Å². The van der Waals surface area contributed by atoms with Gasteiger partial charge in [-0.05, 0) is 59.7 Å². The molecule has 1 amide bonds. The van der Waals surface area contributed by atoms with E-state index in [0.29, 0.717) is 16.6 Å². The van der Waals surface area contributed by atoms with E-state index < -0.39 is 23.6 Å². The molecule has 4 aromatic rings. The fourth-order valence-corrected chi connectivity index (χ4v) is 5.28. The van der Waals surface area contributed by atoms with Crippen molar-refractivity contribution in [1.29, 1.82) is 0 Å². The highest BCUT2D eigenvalue weighted by molar-refractivity contribution is 6.31. The summed E-state index contributed by atoms with van der Waals surface area (Å²) in [4.78, 5) is 46.0. The Hall–Kier alpha value is -3.92. The summed E-state index contributed by atoms with van der Waals surface area (Å²) in [5.41, 5.74) is 1.24. The number of halogens is 2. The molecule has 39 heavy (non-hydrogen) atoms. The average Bonchev–Trinajstić information content (AvgIpc) is 3.42. The molecule has 0 aliphatic carbocycles. The first kappa shape index (κ1) is 26.7. The molecule has 11 heteroatoms. The van der Waals surface area contributed by atoms with Gasteiger partial charge in [-0.25, -0.2) is 14.2 Å². The smallest absolute Gasteiger partial charge is 0.419 e. The molecule has 0 saturated heterocycles. The summed E-state index contributed by atoms with van der Waals surface area (Å²) in [6, 6.07) is 4.98. The van der Waals surface area contributed by atoms with E-state index in [9.17, 15) is 18.8 Å². The number of carbonyl (C=O) groups excluding carboxylic acids is 2. The van der Waals surface area contributed by atoms with Crippen molar-refractivity contribution < 1.29 is 18.7 Å². The van der Waals surface area contributed by atoms with Gasteiger partial charge in [-0.2, -0.15) is 0 Å². The van der Waals surface area contributed by atoms with Crippen LogP contribution in [-0.4, -0.2) is 47.2 Å². The van der Waals surface area contributed by atoms with Gasteiger partial charge in [-0.15, -0.1) is 0 Å². The van der Waals surface area contributed by atoms with Gasteiger partial charge in [-0.1, -0.05) is 11.6 Å². The number of aromatic nitrogens is 4. The standard InChI is InChI=1S/C28H29ClFN5O4/c1-15-11-32(14-31-15)22-7-8-23-26(37)35(16(2)12-33(23)25(22)36)17(3)19-13-34(27(38)39-28(4,5)6)24-10-21(30)20(29)9-18(19)24/h7-11,13-14,16-17H,12H2,1-6H3. The van der Waals surface area contributed by atoms with Crippen LogP contribution < -0.4 is 5.56 Å². The van der Waals surface area contributed by atoms with Crippen LogP contribution in [0.2, 0.25) is 5.02 Å². The number of amides is 1. The molecule has 0 radical (unpaired) electrons. The highest BCUT2D eigenvalue weighted by atomic mass is 35.5. The molecule has 3 aromatic heterocycles. The van der Waals surface area contributed by atoms with Crippen molar-refractivity contribution in [3.63, 3.8) is 0 Å². The molecule has 2 atom stereocenters. The van der Waals surface area contributed by atoms with Crippen molar-refractivity contribution in [1.82, 2.24) is 23.6 Å². The summed E-state index contributed by atoms with van der Waals surface area (Å²) in [5, 5.41) is 0.420. The zero-order chi connectivity index (χ0) is 28.4. The van der Waals surface area contributed by atoms with Crippen LogP contribution in [0, 0.1) is 12.7 Å². The van der Waals surface area contributed by atoms with Crippen LogP contribution in [0.15, 0.2) is 47.8 Å². The molecule has 0 N–H and O–H groups in total. The molecule has 0 saturated carbocycles. The predicted octanol–water partition coefficient (Wildman–Crippen LogP) is 5.48. The molecule has 0 fully saturated rings. The number of ether oxygens (including phenoxy) is 1. The Morgan fingerprint density at radius 2 is 1.92 bits per heavy atom. The second kappa shape index (κ2) is 9.37. The van der Waals surface area contributed by atoms with Gasteiger partial charge in [0.2, 0.25) is 0 Å². The van der Waals surface area contributed by atoms with E-state index >= 15 is 0 Å². The summed E-state index contributed by atoms with van der Waals surface area (Å²) in [5.74, 6) is -1.01. The average molecular weight is 554 g/mol. The molecule has 5 rings (SSSR count). The normalized spacial score (nSPS) is 16.5. The van der Waals surface area contributed by atoms with Crippen LogP contribution >= 0.6 is 11.6 Å². The van der Waals surface area contributed by atoms with E-state index in [1.165, 1.54) is 21.3 Å². The lowest BCUT2D eigenvalue weighted by Crippen LogP contribution is -2.50. The maximum atomic E-state index is 14.5. The summed E-state index contributed by atoms with van der Waals surface area (Å²) in [6.07, 6.45) is 4.20. The maximum absolute atomic E-state index is 14.5. The highest BCUT2D eigenvalue weighted by Gasteiger charge is 2.36. The number of rotatable bonds is 3. The van der Waals surface area contributed by atoms with Crippen LogP contribution in [0.4, 0.5) is 9.18 Å². The maximum Gasteiger partial charge on any atom is 0.419 e. The van der Waals surface area contributed by atoms with Crippen molar-refractivity contribution in [2.45, 2.75) is 65.8 Å². The first-order valence-corrected chi connectivity index (χ1v) is 13.0. The van der Waals surface area contributed by atoms with Crippen LogP contribution in [0.1, 0.15) is 62.4 Å². The van der Waals surface area contributed by atoms with Crippen molar-refractivity contribution in [2.75, 3.05) is 0 Å². The van der Waals surface area contributed by atoms with Gasteiger partial charge in [0.1, 0.15) is 22.8 Å². The second-order valence-corrected chi connectivity index (χ2v) is 11.3. The van der Waals surface area contributed by atoms with Gasteiger partial charge in [-0.3, -0.25) is 14.2 Å². The first-order valence-electron chi connectivity index (χ1n) is 12.6. The Bertz CT molecular complexity index is 1700. The van der Waals surface area contributed by atoms with E-state index in [-0.39, 0.29) is 40.3 Å². The zero-order valence-electron chi connectivity index (χ0n) is 22.5. The van der Waals surface area contributed by atoms with Gasteiger partial charge in [0.15, 0.2) is 0 Å². The third-order valence-electron chi connectivity index (χ3n) is 6.85. The lowest BCUT2D eigenvalue weighted by atomic mass is 10.0. The third kappa shape index (κ3) is 4.63. The molecule has 204 valence electrons. The molecule has 0 bridgehead atoms. The molecule has 9 nitrogen and oxygen atoms in total. The number of hydrogen-bond acceptors (Lipinski definition) is 5. The topological polar surface area (TPSA) is 91.4 Å². The quantitative estimate of drug-likeness (QED) is 0.335. The summed E-state index contributed by atoms with van der Waals surface area (Å²) in [6.45, 7) is 11.0. The zero-order valence-corrected chi connectivity index (χ0v) is 23.3. The highest BCUT2D eigenvalue weighted by Crippen LogP contribution is 2.36. The third-order valence-corrected chi connectivity index (χ3v) is 7.14. The molecule has 2 unspecified atom stereocenters. The Kier molecular flexibility index (Phi) is 6.41. The second-order valence-electron chi connectivity index (χ2n) is 10.9. The van der Waals surface area contributed by atoms with E-state index in [0.717, 1.165) is 5.69 Å². The minimum atomic E-state index is -0.771. The lowest BCUT2D eigenvalue weighted by Gasteiger charge is -2.39. The number of imidazole rings is 1. The molecule has 1 aliphatic rings. The number of aryl methyl sites for hydroxylation is 1. The predicted molar refractivity (Wildman–Crippen MR) is 145 cm³/mol. The SMILES string of the molecule is Cc1cn(-c2ccc3n(c2=O)CC(C)N(C(C)c2cn(C(=O)OC(C)(C)C)c4cc(F)c(Cl)cc24)C3=O)cn1. The van der Waals surface area contributed by atoms with Gasteiger partial charge in [0, 0.05) is 42.0 Å².